The van der Waals surface area contributed by atoms with Crippen LogP contribution in [0.3, 0.4) is 0 Å². The van der Waals surface area contributed by atoms with E-state index in [4.69, 9.17) is 0 Å². The van der Waals surface area contributed by atoms with Crippen LogP contribution in [0.5, 0.6) is 0 Å². The first-order chi connectivity index (χ1) is 6.38. The summed E-state index contributed by atoms with van der Waals surface area (Å²) in [6.45, 7) is 4.29. The number of rotatable bonds is 2. The van der Waals surface area contributed by atoms with Crippen molar-refractivity contribution in [2.45, 2.75) is 31.6 Å². The highest BCUT2D eigenvalue weighted by atomic mass is 14.3. The molecule has 1 fully saturated rings. The lowest BCUT2D eigenvalue weighted by Gasteiger charge is -2.18. The molecule has 1 aliphatic rings. The van der Waals surface area contributed by atoms with E-state index in [-0.39, 0.29) is 0 Å². The van der Waals surface area contributed by atoms with E-state index in [9.17, 15) is 0 Å². The summed E-state index contributed by atoms with van der Waals surface area (Å²) in [5, 5.41) is 0. The normalized spacial score (nSPS) is 20.4. The van der Waals surface area contributed by atoms with Crippen LogP contribution in [0.25, 0.3) is 0 Å². The molecule has 0 aliphatic heterocycles. The molecule has 1 unspecified atom stereocenters. The first kappa shape index (κ1) is 8.80. The van der Waals surface area contributed by atoms with Crippen LogP contribution in [0.1, 0.15) is 37.2 Å². The second-order valence-electron chi connectivity index (χ2n) is 4.06. The minimum Gasteiger partial charge on any atom is -0.0622 e. The molecule has 13 heavy (non-hydrogen) atoms. The summed E-state index contributed by atoms with van der Waals surface area (Å²) in [6, 6.07) is 10.7. The Morgan fingerprint density at radius 2 is 1.69 bits per heavy atom. The van der Waals surface area contributed by atoms with Gasteiger partial charge in [0.1, 0.15) is 0 Å². The van der Waals surface area contributed by atoms with Crippen molar-refractivity contribution in [1.82, 2.24) is 0 Å². The molecule has 0 bridgehead atoms. The Morgan fingerprint density at radius 3 is 2.31 bits per heavy atom. The molecule has 1 aromatic carbocycles. The van der Waals surface area contributed by atoms with E-state index in [1.807, 2.05) is 0 Å². The van der Waals surface area contributed by atoms with Crippen LogP contribution in [0.2, 0.25) is 0 Å². The molecule has 0 heteroatoms. The quantitative estimate of drug-likeness (QED) is 0.638. The molecule has 0 aromatic heterocycles. The van der Waals surface area contributed by atoms with Crippen LogP contribution in [-0.4, -0.2) is 0 Å². The summed E-state index contributed by atoms with van der Waals surface area (Å²) in [4.78, 5) is 0. The fraction of sp³-hybridized carbons (Fsp3) is 0.462. The van der Waals surface area contributed by atoms with Crippen molar-refractivity contribution in [3.63, 3.8) is 0 Å². The highest BCUT2D eigenvalue weighted by Crippen LogP contribution is 2.36. The van der Waals surface area contributed by atoms with Crippen molar-refractivity contribution in [2.75, 3.05) is 0 Å². The van der Waals surface area contributed by atoms with Gasteiger partial charge in [-0.2, -0.15) is 0 Å². The van der Waals surface area contributed by atoms with Gasteiger partial charge in [-0.05, 0) is 37.2 Å². The summed E-state index contributed by atoms with van der Waals surface area (Å²) in [5.74, 6) is 1.35. The molecule has 1 radical (unpaired) electrons. The molecular weight excluding hydrogens is 156 g/mol. The fourth-order valence-corrected chi connectivity index (χ4v) is 2.33. The molecule has 0 saturated heterocycles. The van der Waals surface area contributed by atoms with Gasteiger partial charge in [-0.15, -0.1) is 0 Å². The van der Waals surface area contributed by atoms with Gasteiger partial charge < -0.3 is 0 Å². The number of hydrogen-bond acceptors (Lipinski definition) is 0. The summed E-state index contributed by atoms with van der Waals surface area (Å²) < 4.78 is 0. The lowest BCUT2D eigenvalue weighted by molar-refractivity contribution is 0.491. The van der Waals surface area contributed by atoms with Crippen LogP contribution in [0, 0.1) is 12.8 Å². The van der Waals surface area contributed by atoms with Crippen molar-refractivity contribution >= 4 is 0 Å². The third-order valence-corrected chi connectivity index (χ3v) is 3.20. The van der Waals surface area contributed by atoms with E-state index < -0.39 is 0 Å². The molecule has 1 saturated carbocycles. The van der Waals surface area contributed by atoms with Gasteiger partial charge in [-0.25, -0.2) is 0 Å². The monoisotopic (exact) mass is 173 g/mol. The molecule has 0 heterocycles. The van der Waals surface area contributed by atoms with E-state index in [2.05, 4.69) is 37.3 Å². The van der Waals surface area contributed by atoms with Crippen molar-refractivity contribution in [3.8, 4) is 0 Å². The summed E-state index contributed by atoms with van der Waals surface area (Å²) in [6.07, 6.45) is 5.57. The number of hydrogen-bond donors (Lipinski definition) is 0. The zero-order valence-corrected chi connectivity index (χ0v) is 8.08. The Hall–Kier alpha value is -0.780. The Balaban J connectivity index is 2.08. The predicted molar refractivity (Wildman–Crippen MR) is 56.5 cm³/mol. The third kappa shape index (κ3) is 1.93. The maximum atomic E-state index is 4.29. The Bertz CT molecular complexity index is 244. The second-order valence-corrected chi connectivity index (χ2v) is 4.06. The smallest absolute Gasteiger partial charge is 0.0133 e. The minimum atomic E-state index is 0.517. The van der Waals surface area contributed by atoms with Crippen LogP contribution >= 0.6 is 0 Å². The van der Waals surface area contributed by atoms with Crippen molar-refractivity contribution < 1.29 is 0 Å². The molecule has 0 spiro atoms. The fourth-order valence-electron chi connectivity index (χ4n) is 2.33. The first-order valence-electron chi connectivity index (χ1n) is 5.26. The van der Waals surface area contributed by atoms with E-state index in [0.717, 1.165) is 5.92 Å². The van der Waals surface area contributed by atoms with Gasteiger partial charge in [0.05, 0.1) is 0 Å². The SMILES string of the molecule is [CH2]C(c1ccccc1)C1CCCC1. The average molecular weight is 173 g/mol. The Morgan fingerprint density at radius 1 is 1.08 bits per heavy atom. The molecular formula is C13H17. The van der Waals surface area contributed by atoms with Crippen molar-refractivity contribution in [2.24, 2.45) is 5.92 Å². The van der Waals surface area contributed by atoms with E-state index in [0.29, 0.717) is 5.92 Å². The topological polar surface area (TPSA) is 0 Å². The standard InChI is InChI=1S/C13H17/c1-11(13-9-5-6-10-13)12-7-3-2-4-8-12/h2-4,7-8,11,13H,1,5-6,9-10H2. The average Bonchev–Trinajstić information content (AvgIpc) is 2.71. The van der Waals surface area contributed by atoms with Crippen LogP contribution in [0.4, 0.5) is 0 Å². The van der Waals surface area contributed by atoms with E-state index >= 15 is 0 Å². The van der Waals surface area contributed by atoms with Crippen LogP contribution in [-0.2, 0) is 0 Å². The molecule has 0 nitrogen and oxygen atoms in total. The lowest BCUT2D eigenvalue weighted by Crippen LogP contribution is -2.05. The molecule has 1 aliphatic carbocycles. The molecule has 1 aromatic rings. The van der Waals surface area contributed by atoms with Gasteiger partial charge in [-0.1, -0.05) is 43.2 Å². The van der Waals surface area contributed by atoms with Crippen molar-refractivity contribution in [3.05, 3.63) is 42.8 Å². The van der Waals surface area contributed by atoms with Crippen molar-refractivity contribution in [1.29, 1.82) is 0 Å². The highest BCUT2D eigenvalue weighted by Gasteiger charge is 2.22. The Labute approximate surface area is 81.0 Å². The van der Waals surface area contributed by atoms with Gasteiger partial charge in [0.2, 0.25) is 0 Å². The molecule has 69 valence electrons. The van der Waals surface area contributed by atoms with Gasteiger partial charge in [-0.3, -0.25) is 0 Å². The highest BCUT2D eigenvalue weighted by molar-refractivity contribution is 5.21. The van der Waals surface area contributed by atoms with Crippen LogP contribution < -0.4 is 0 Å². The first-order valence-corrected chi connectivity index (χ1v) is 5.26. The molecule has 0 amide bonds. The minimum absolute atomic E-state index is 0.517. The van der Waals surface area contributed by atoms with E-state index in [1.165, 1.54) is 31.2 Å². The predicted octanol–water partition coefficient (Wildman–Crippen LogP) is 3.79. The lowest BCUT2D eigenvalue weighted by atomic mass is 9.87. The summed E-state index contributed by atoms with van der Waals surface area (Å²) in [7, 11) is 0. The van der Waals surface area contributed by atoms with Gasteiger partial charge in [0, 0.05) is 0 Å². The maximum Gasteiger partial charge on any atom is -0.0133 e. The molecule has 1 atom stereocenters. The molecule has 0 N–H and O–H groups in total. The zero-order valence-electron chi connectivity index (χ0n) is 8.08. The molecule has 2 rings (SSSR count). The second kappa shape index (κ2) is 3.95. The zero-order chi connectivity index (χ0) is 9.10. The Kier molecular flexibility index (Phi) is 2.68. The largest absolute Gasteiger partial charge is 0.0622 e. The summed E-state index contributed by atoms with van der Waals surface area (Å²) >= 11 is 0. The van der Waals surface area contributed by atoms with E-state index in [1.54, 1.807) is 0 Å². The van der Waals surface area contributed by atoms with Gasteiger partial charge in [0.25, 0.3) is 0 Å². The van der Waals surface area contributed by atoms with Gasteiger partial charge >= 0.3 is 0 Å². The van der Waals surface area contributed by atoms with Crippen LogP contribution in [0.15, 0.2) is 30.3 Å². The number of benzene rings is 1. The maximum absolute atomic E-state index is 4.29. The summed E-state index contributed by atoms with van der Waals surface area (Å²) in [5.41, 5.74) is 1.41. The van der Waals surface area contributed by atoms with Gasteiger partial charge in [0.15, 0.2) is 0 Å². The third-order valence-electron chi connectivity index (χ3n) is 3.20.